The van der Waals surface area contributed by atoms with Crippen LogP contribution < -0.4 is 10.1 Å². The molecule has 0 aliphatic carbocycles. The van der Waals surface area contributed by atoms with Crippen molar-refractivity contribution in [2.75, 3.05) is 6.54 Å². The number of nitrogens with one attached hydrogen (secondary N) is 1. The van der Waals surface area contributed by atoms with E-state index in [2.05, 4.69) is 12.2 Å². The third-order valence-electron chi connectivity index (χ3n) is 3.12. The van der Waals surface area contributed by atoms with Crippen LogP contribution in [-0.2, 0) is 4.79 Å². The first-order valence-corrected chi connectivity index (χ1v) is 7.27. The Morgan fingerprint density at radius 3 is 2.45 bits per heavy atom. The van der Waals surface area contributed by atoms with Gasteiger partial charge in [-0.1, -0.05) is 31.9 Å². The van der Waals surface area contributed by atoms with E-state index in [1.54, 1.807) is 38.1 Å². The maximum atomic E-state index is 11.8. The molecule has 4 heteroatoms. The first kappa shape index (κ1) is 16.5. The Hall–Kier alpha value is -1.55. The van der Waals surface area contributed by atoms with E-state index >= 15 is 0 Å². The molecule has 0 aliphatic heterocycles. The fraction of sp³-hybridized carbons (Fsp3) is 0.562. The van der Waals surface area contributed by atoms with Crippen molar-refractivity contribution in [3.05, 3.63) is 29.8 Å². The topological polar surface area (TPSA) is 58.6 Å². The van der Waals surface area contributed by atoms with Crippen molar-refractivity contribution >= 4 is 5.91 Å². The van der Waals surface area contributed by atoms with Gasteiger partial charge in [0.1, 0.15) is 5.75 Å². The summed E-state index contributed by atoms with van der Waals surface area (Å²) >= 11 is 0. The van der Waals surface area contributed by atoms with Crippen LogP contribution in [0.5, 0.6) is 5.75 Å². The molecule has 0 heterocycles. The Morgan fingerprint density at radius 1 is 1.25 bits per heavy atom. The average Bonchev–Trinajstić information content (AvgIpc) is 2.44. The Morgan fingerprint density at radius 2 is 1.90 bits per heavy atom. The molecule has 20 heavy (non-hydrogen) atoms. The molecule has 0 aliphatic rings. The molecule has 112 valence electrons. The van der Waals surface area contributed by atoms with Crippen molar-refractivity contribution < 1.29 is 14.6 Å². The van der Waals surface area contributed by atoms with E-state index in [1.807, 2.05) is 0 Å². The van der Waals surface area contributed by atoms with Gasteiger partial charge in [-0.25, -0.2) is 0 Å². The van der Waals surface area contributed by atoms with Gasteiger partial charge in [0.15, 0.2) is 6.10 Å². The van der Waals surface area contributed by atoms with Crippen molar-refractivity contribution in [1.82, 2.24) is 5.32 Å². The SMILES string of the molecule is CCCCCNC(=O)C(C)Oc1ccc(C(C)O)cc1. The van der Waals surface area contributed by atoms with Crippen LogP contribution in [0.15, 0.2) is 24.3 Å². The van der Waals surface area contributed by atoms with Gasteiger partial charge in [0, 0.05) is 6.54 Å². The lowest BCUT2D eigenvalue weighted by molar-refractivity contribution is -0.127. The lowest BCUT2D eigenvalue weighted by Gasteiger charge is -2.15. The molecule has 0 saturated carbocycles. The Balaban J connectivity index is 2.40. The molecule has 0 bridgehead atoms. The van der Waals surface area contributed by atoms with Crippen LogP contribution in [0.3, 0.4) is 0 Å². The van der Waals surface area contributed by atoms with E-state index in [-0.39, 0.29) is 5.91 Å². The lowest BCUT2D eigenvalue weighted by atomic mass is 10.1. The zero-order chi connectivity index (χ0) is 15.0. The first-order chi connectivity index (χ1) is 9.54. The predicted molar refractivity (Wildman–Crippen MR) is 79.7 cm³/mol. The summed E-state index contributed by atoms with van der Waals surface area (Å²) in [5, 5.41) is 12.3. The molecule has 1 aromatic carbocycles. The fourth-order valence-corrected chi connectivity index (χ4v) is 1.81. The first-order valence-electron chi connectivity index (χ1n) is 7.27. The molecule has 0 spiro atoms. The smallest absolute Gasteiger partial charge is 0.260 e. The zero-order valence-corrected chi connectivity index (χ0v) is 12.6. The quantitative estimate of drug-likeness (QED) is 0.719. The Kier molecular flexibility index (Phi) is 7.09. The Labute approximate surface area is 121 Å². The van der Waals surface area contributed by atoms with Gasteiger partial charge >= 0.3 is 0 Å². The van der Waals surface area contributed by atoms with Gasteiger partial charge in [0.05, 0.1) is 6.10 Å². The lowest BCUT2D eigenvalue weighted by Crippen LogP contribution is -2.36. The standard InChI is InChI=1S/C16H25NO3/c1-4-5-6-11-17-16(19)13(3)20-15-9-7-14(8-10-15)12(2)18/h7-10,12-13,18H,4-6,11H2,1-3H3,(H,17,19). The summed E-state index contributed by atoms with van der Waals surface area (Å²) in [6, 6.07) is 7.13. The molecule has 1 amide bonds. The van der Waals surface area contributed by atoms with Gasteiger partial charge in [0.2, 0.25) is 0 Å². The molecule has 0 aromatic heterocycles. The minimum Gasteiger partial charge on any atom is -0.481 e. The molecule has 0 fully saturated rings. The van der Waals surface area contributed by atoms with Crippen LogP contribution in [0.25, 0.3) is 0 Å². The average molecular weight is 279 g/mol. The predicted octanol–water partition coefficient (Wildman–Crippen LogP) is 2.81. The number of benzene rings is 1. The van der Waals surface area contributed by atoms with E-state index in [4.69, 9.17) is 4.74 Å². The summed E-state index contributed by atoms with van der Waals surface area (Å²) in [7, 11) is 0. The van der Waals surface area contributed by atoms with Crippen LogP contribution in [0.4, 0.5) is 0 Å². The van der Waals surface area contributed by atoms with E-state index < -0.39 is 12.2 Å². The van der Waals surface area contributed by atoms with Crippen molar-refractivity contribution in [2.24, 2.45) is 0 Å². The number of aliphatic hydroxyl groups is 1. The molecule has 4 nitrogen and oxygen atoms in total. The maximum Gasteiger partial charge on any atom is 0.260 e. The monoisotopic (exact) mass is 279 g/mol. The number of hydrogen-bond donors (Lipinski definition) is 2. The summed E-state index contributed by atoms with van der Waals surface area (Å²) in [6.45, 7) is 6.27. The summed E-state index contributed by atoms with van der Waals surface area (Å²) in [5.41, 5.74) is 0.828. The highest BCUT2D eigenvalue weighted by Gasteiger charge is 2.13. The van der Waals surface area contributed by atoms with Crippen LogP contribution >= 0.6 is 0 Å². The second-order valence-electron chi connectivity index (χ2n) is 5.00. The van der Waals surface area contributed by atoms with Gasteiger partial charge in [-0.2, -0.15) is 0 Å². The second-order valence-corrected chi connectivity index (χ2v) is 5.00. The highest BCUT2D eigenvalue weighted by atomic mass is 16.5. The van der Waals surface area contributed by atoms with Crippen molar-refractivity contribution in [3.8, 4) is 5.75 Å². The summed E-state index contributed by atoms with van der Waals surface area (Å²) < 4.78 is 5.57. The molecule has 1 rings (SSSR count). The minimum atomic E-state index is -0.519. The fourth-order valence-electron chi connectivity index (χ4n) is 1.81. The number of amides is 1. The molecule has 2 N–H and O–H groups in total. The molecule has 0 saturated heterocycles. The third-order valence-corrected chi connectivity index (χ3v) is 3.12. The zero-order valence-electron chi connectivity index (χ0n) is 12.6. The third kappa shape index (κ3) is 5.61. The highest BCUT2D eigenvalue weighted by molar-refractivity contribution is 5.80. The molecule has 2 unspecified atom stereocenters. The molecular weight excluding hydrogens is 254 g/mol. The number of carbonyl (C=O) groups is 1. The number of hydrogen-bond acceptors (Lipinski definition) is 3. The maximum absolute atomic E-state index is 11.8. The molecule has 1 aromatic rings. The van der Waals surface area contributed by atoms with E-state index in [9.17, 15) is 9.90 Å². The number of unbranched alkanes of at least 4 members (excludes halogenated alkanes) is 2. The molecular formula is C16H25NO3. The van der Waals surface area contributed by atoms with Crippen LogP contribution in [0.2, 0.25) is 0 Å². The highest BCUT2D eigenvalue weighted by Crippen LogP contribution is 2.18. The minimum absolute atomic E-state index is 0.0966. The molecule has 2 atom stereocenters. The summed E-state index contributed by atoms with van der Waals surface area (Å²) in [4.78, 5) is 11.8. The van der Waals surface area contributed by atoms with Crippen LogP contribution in [0.1, 0.15) is 51.7 Å². The molecule has 0 radical (unpaired) electrons. The van der Waals surface area contributed by atoms with E-state index in [1.165, 1.54) is 0 Å². The van der Waals surface area contributed by atoms with E-state index in [0.29, 0.717) is 12.3 Å². The van der Waals surface area contributed by atoms with Gasteiger partial charge < -0.3 is 15.2 Å². The number of ether oxygens (including phenoxy) is 1. The van der Waals surface area contributed by atoms with Crippen LogP contribution in [0, 0.1) is 0 Å². The largest absolute Gasteiger partial charge is 0.481 e. The number of carbonyl (C=O) groups excluding carboxylic acids is 1. The van der Waals surface area contributed by atoms with E-state index in [0.717, 1.165) is 24.8 Å². The van der Waals surface area contributed by atoms with Crippen molar-refractivity contribution in [1.29, 1.82) is 0 Å². The normalized spacial score (nSPS) is 13.6. The number of rotatable bonds is 8. The van der Waals surface area contributed by atoms with Crippen LogP contribution in [-0.4, -0.2) is 23.7 Å². The van der Waals surface area contributed by atoms with Gasteiger partial charge in [0.25, 0.3) is 5.91 Å². The van der Waals surface area contributed by atoms with Gasteiger partial charge in [-0.3, -0.25) is 4.79 Å². The second kappa shape index (κ2) is 8.59. The summed E-state index contributed by atoms with van der Waals surface area (Å²) in [6.07, 6.45) is 2.24. The van der Waals surface area contributed by atoms with Gasteiger partial charge in [-0.05, 0) is 38.0 Å². The summed E-state index contributed by atoms with van der Waals surface area (Å²) in [5.74, 6) is 0.534. The number of aliphatic hydroxyl groups excluding tert-OH is 1. The van der Waals surface area contributed by atoms with Crippen molar-refractivity contribution in [2.45, 2.75) is 52.2 Å². The van der Waals surface area contributed by atoms with Crippen molar-refractivity contribution in [3.63, 3.8) is 0 Å². The Bertz CT molecular complexity index is 401. The van der Waals surface area contributed by atoms with Gasteiger partial charge in [-0.15, -0.1) is 0 Å².